The predicted molar refractivity (Wildman–Crippen MR) is 240 cm³/mol. The van der Waals surface area contributed by atoms with E-state index < -0.39 is 6.04 Å². The van der Waals surface area contributed by atoms with Crippen LogP contribution < -0.4 is 20.8 Å². The molecule has 4 N–H and O–H groups in total. The molecule has 6 aliphatic heterocycles. The number of hydrogen-bond acceptors (Lipinski definition) is 11. The lowest BCUT2D eigenvalue weighted by molar-refractivity contribution is -0.868. The van der Waals surface area contributed by atoms with Gasteiger partial charge in [-0.25, -0.2) is 4.98 Å². The number of likely N-dealkylation sites (tertiary alicyclic amines) is 3. The Kier molecular flexibility index (Phi) is 12.0. The summed E-state index contributed by atoms with van der Waals surface area (Å²) in [5, 5.41) is 8.72. The molecule has 0 saturated carbocycles. The number of nitrogen functional groups attached to an aromatic ring is 1. The first kappa shape index (κ1) is 41.5. The summed E-state index contributed by atoms with van der Waals surface area (Å²) in [4.78, 5) is 56.1. The zero-order valence-corrected chi connectivity index (χ0v) is 36.1. The average Bonchev–Trinajstić information content (AvgIpc) is 3.86. The summed E-state index contributed by atoms with van der Waals surface area (Å²) in [5.74, 6) is 3.39. The highest BCUT2D eigenvalue weighted by Crippen LogP contribution is 2.34. The molecule has 10 rings (SSSR count). The summed E-state index contributed by atoms with van der Waals surface area (Å²) in [7, 11) is 0. The number of nitrogens with one attached hydrogen (secondary N) is 2. The van der Waals surface area contributed by atoms with Crippen LogP contribution in [0.1, 0.15) is 96.3 Å². The highest BCUT2D eigenvalue weighted by molar-refractivity contribution is 6.18. The van der Waals surface area contributed by atoms with Crippen molar-refractivity contribution in [2.45, 2.75) is 82.3 Å². The number of fused-ring (bicyclic) bond motifs is 2. The van der Waals surface area contributed by atoms with E-state index in [9.17, 15) is 14.4 Å². The van der Waals surface area contributed by atoms with Crippen molar-refractivity contribution in [3.05, 3.63) is 107 Å². The summed E-state index contributed by atoms with van der Waals surface area (Å²) >= 11 is 0. The number of benzene rings is 3. The first-order chi connectivity index (χ1) is 30.8. The lowest BCUT2D eigenvalue weighted by Gasteiger charge is -2.38. The first-order valence-electron chi connectivity index (χ1n) is 23.2. The highest BCUT2D eigenvalue weighted by atomic mass is 16.5. The van der Waals surface area contributed by atoms with Crippen LogP contribution in [-0.2, 0) is 16.1 Å². The SMILES string of the molecule is Nc1ncnc2c1C(c1ccc(Oc3ccccc3)cc1)=N[NH+]2C1CCCN(CC2CCN(CCCN3CCC(c4ccc5c(c4)CN(C4CCC(=O)NC4=O)C5=O)CC3)CC2)C1. The quantitative estimate of drug-likeness (QED) is 0.176. The van der Waals surface area contributed by atoms with Gasteiger partial charge < -0.3 is 25.2 Å². The minimum Gasteiger partial charge on any atom is -0.457 e. The fourth-order valence-corrected chi connectivity index (χ4v) is 10.9. The minimum atomic E-state index is -0.573. The summed E-state index contributed by atoms with van der Waals surface area (Å²) in [5.41, 5.74) is 12.2. The molecule has 3 atom stereocenters. The lowest BCUT2D eigenvalue weighted by atomic mass is 9.88. The van der Waals surface area contributed by atoms with Crippen LogP contribution in [-0.4, -0.2) is 124 Å². The number of hydrogen-bond donors (Lipinski definition) is 3. The third kappa shape index (κ3) is 8.99. The number of nitrogens with two attached hydrogens (primary N) is 1. The number of carbonyl (C=O) groups is 3. The van der Waals surface area contributed by atoms with Gasteiger partial charge in [-0.05, 0) is 156 Å². The van der Waals surface area contributed by atoms with E-state index >= 15 is 0 Å². The number of imide groups is 1. The van der Waals surface area contributed by atoms with Crippen LogP contribution in [0.4, 0.5) is 11.6 Å². The molecule has 1 aromatic heterocycles. The van der Waals surface area contributed by atoms with Gasteiger partial charge >= 0.3 is 0 Å². The number of nitrogens with zero attached hydrogens (tertiary/aromatic N) is 7. The molecule has 7 heterocycles. The second-order valence-electron chi connectivity index (χ2n) is 18.4. The van der Waals surface area contributed by atoms with Crippen molar-refractivity contribution in [3.63, 3.8) is 0 Å². The maximum atomic E-state index is 13.2. The van der Waals surface area contributed by atoms with Gasteiger partial charge in [-0.15, -0.1) is 0 Å². The lowest BCUT2D eigenvalue weighted by Crippen LogP contribution is -3.07. The normalized spacial score (nSPS) is 24.0. The third-order valence-electron chi connectivity index (χ3n) is 14.4. The molecule has 3 amide bonds. The van der Waals surface area contributed by atoms with Gasteiger partial charge in [-0.3, -0.25) is 24.6 Å². The van der Waals surface area contributed by atoms with E-state index in [0.717, 1.165) is 116 Å². The van der Waals surface area contributed by atoms with Crippen LogP contribution in [0.2, 0.25) is 0 Å². The van der Waals surface area contributed by atoms with Crippen LogP contribution >= 0.6 is 0 Å². The Bertz CT molecular complexity index is 2340. The Morgan fingerprint density at radius 1 is 0.794 bits per heavy atom. The molecule has 0 bridgehead atoms. The van der Waals surface area contributed by atoms with Gasteiger partial charge in [0.1, 0.15) is 47.0 Å². The predicted octanol–water partition coefficient (Wildman–Crippen LogP) is 4.34. The van der Waals surface area contributed by atoms with Crippen molar-refractivity contribution >= 4 is 35.1 Å². The maximum Gasteiger partial charge on any atom is 0.267 e. The Balaban J connectivity index is 0.662. The molecule has 3 aromatic carbocycles. The molecule has 0 spiro atoms. The molecule has 0 aliphatic carbocycles. The van der Waals surface area contributed by atoms with Crippen molar-refractivity contribution < 1.29 is 24.1 Å². The summed E-state index contributed by atoms with van der Waals surface area (Å²) in [6, 6.07) is 23.8. The number of amides is 3. The molecule has 14 heteroatoms. The second-order valence-corrected chi connectivity index (χ2v) is 18.4. The molecule has 0 radical (unpaired) electrons. The smallest absolute Gasteiger partial charge is 0.267 e. The molecule has 3 unspecified atom stereocenters. The highest BCUT2D eigenvalue weighted by Gasteiger charge is 2.42. The minimum absolute atomic E-state index is 0.103. The van der Waals surface area contributed by atoms with Gasteiger partial charge in [0.05, 0.1) is 6.54 Å². The van der Waals surface area contributed by atoms with Crippen molar-refractivity contribution in [1.29, 1.82) is 0 Å². The van der Waals surface area contributed by atoms with Crippen LogP contribution in [0.25, 0.3) is 0 Å². The van der Waals surface area contributed by atoms with Crippen LogP contribution in [0.5, 0.6) is 11.5 Å². The largest absolute Gasteiger partial charge is 0.457 e. The van der Waals surface area contributed by atoms with E-state index in [1.165, 1.54) is 37.9 Å². The van der Waals surface area contributed by atoms with Gasteiger partial charge in [-0.1, -0.05) is 35.4 Å². The average molecular weight is 852 g/mol. The van der Waals surface area contributed by atoms with Crippen molar-refractivity contribution in [3.8, 4) is 11.5 Å². The van der Waals surface area contributed by atoms with Gasteiger partial charge in [0, 0.05) is 37.1 Å². The van der Waals surface area contributed by atoms with E-state index in [1.807, 2.05) is 60.7 Å². The summed E-state index contributed by atoms with van der Waals surface area (Å²) < 4.78 is 6.04. The number of quaternary nitrogens is 1. The number of piperidine rings is 4. The first-order valence-corrected chi connectivity index (χ1v) is 23.2. The van der Waals surface area contributed by atoms with Crippen LogP contribution in [0, 0.1) is 5.92 Å². The Hall–Kier alpha value is -5.54. The van der Waals surface area contributed by atoms with Gasteiger partial charge in [-0.2, -0.15) is 9.99 Å². The third-order valence-corrected chi connectivity index (χ3v) is 14.4. The number of para-hydroxylation sites is 1. The number of ether oxygens (including phenoxy) is 1. The Morgan fingerprint density at radius 2 is 1.54 bits per heavy atom. The van der Waals surface area contributed by atoms with E-state index in [-0.39, 0.29) is 24.1 Å². The van der Waals surface area contributed by atoms with Crippen molar-refractivity contribution in [2.75, 3.05) is 64.6 Å². The fraction of sp³-hybridized carbons (Fsp3) is 0.469. The zero-order valence-electron chi connectivity index (χ0n) is 36.1. The van der Waals surface area contributed by atoms with Crippen molar-refractivity contribution in [1.82, 2.24) is 34.9 Å². The standard InChI is InChI=1S/C49H58N10O4/c50-46-44-45(35-9-12-40(13-10-35)63-39-7-2-1-3-8-39)54-59(47(44)52-32-51-46)38-6-4-21-57(31-38)29-33-17-24-55(25-18-33)22-5-23-56-26-19-34(20-27-56)36-11-14-41-37(28-36)30-58(49(41)62)42-15-16-43(60)53-48(42)61/h1-3,7-14,28,32-34,38,42H,4-6,15-27,29-31H2,(H2,50,51,52)(H,53,60,61)/p+1. The van der Waals surface area contributed by atoms with E-state index in [0.29, 0.717) is 42.2 Å². The summed E-state index contributed by atoms with van der Waals surface area (Å²) in [6.45, 7) is 10.5. The number of rotatable bonds is 12. The molecule has 328 valence electrons. The van der Waals surface area contributed by atoms with Gasteiger partial charge in [0.2, 0.25) is 11.8 Å². The van der Waals surface area contributed by atoms with E-state index in [1.54, 1.807) is 11.2 Å². The monoisotopic (exact) mass is 851 g/mol. The van der Waals surface area contributed by atoms with Crippen molar-refractivity contribution in [2.24, 2.45) is 11.0 Å². The number of anilines is 1. The molecule has 6 aliphatic rings. The van der Waals surface area contributed by atoms with E-state index in [4.69, 9.17) is 20.6 Å². The van der Waals surface area contributed by atoms with Crippen LogP contribution in [0.3, 0.4) is 0 Å². The zero-order chi connectivity index (χ0) is 42.9. The molecule has 4 fully saturated rings. The van der Waals surface area contributed by atoms with Crippen LogP contribution in [0.15, 0.2) is 84.2 Å². The Labute approximate surface area is 369 Å². The number of carbonyl (C=O) groups excluding carboxylic acids is 3. The molecular weight excluding hydrogens is 793 g/mol. The summed E-state index contributed by atoms with van der Waals surface area (Å²) in [6.07, 6.45) is 10.4. The second kappa shape index (κ2) is 18.3. The number of aromatic nitrogens is 2. The van der Waals surface area contributed by atoms with Gasteiger partial charge in [0.25, 0.3) is 11.7 Å². The maximum absolute atomic E-state index is 13.2. The fourth-order valence-electron chi connectivity index (χ4n) is 10.9. The molecule has 4 saturated heterocycles. The molecule has 4 aromatic rings. The van der Waals surface area contributed by atoms with E-state index in [2.05, 4.69) is 37.1 Å². The molecule has 14 nitrogen and oxygen atoms in total. The van der Waals surface area contributed by atoms with Gasteiger partial charge in [0.15, 0.2) is 0 Å². The Morgan fingerprint density at radius 3 is 2.30 bits per heavy atom. The molecule has 63 heavy (non-hydrogen) atoms. The topological polar surface area (TPSA) is 154 Å². The molecular formula is C49H59N10O4+.